The molecule has 74 valence electrons. The summed E-state index contributed by atoms with van der Waals surface area (Å²) in [5, 5.41) is 0. The van der Waals surface area contributed by atoms with E-state index in [9.17, 15) is 0 Å². The second kappa shape index (κ2) is 1480. The Hall–Kier alpha value is 0.843. The van der Waals surface area contributed by atoms with Crippen LogP contribution in [0.4, 0.5) is 0 Å². The van der Waals surface area contributed by atoms with Crippen LogP contribution in [0.1, 0.15) is 27.7 Å². The Morgan fingerprint density at radius 1 is 0.545 bits per heavy atom. The summed E-state index contributed by atoms with van der Waals surface area (Å²) in [7, 11) is 1.25. The van der Waals surface area contributed by atoms with Crippen LogP contribution in [-0.4, -0.2) is 7.05 Å². The van der Waals surface area contributed by atoms with E-state index in [1.54, 1.807) is 27.7 Å². The minimum absolute atomic E-state index is 0. The third-order valence-electron chi connectivity index (χ3n) is 0. The zero-order chi connectivity index (χ0) is 10.0. The zero-order valence-electron chi connectivity index (χ0n) is 8.83. The number of nitrogens with one attached hydrogen (secondary N) is 1. The molecule has 0 aromatic rings. The Bertz CT molecular complexity index is 9.52. The molecule has 1 N–H and O–H groups in total. The molecule has 0 aliphatic carbocycles. The third kappa shape index (κ3) is 1190. The molecule has 1 nitrogen and oxygen atoms in total. The molecule has 0 saturated carbocycles. The van der Waals surface area contributed by atoms with Gasteiger partial charge < -0.3 is 33.4 Å². The summed E-state index contributed by atoms with van der Waals surface area (Å²) in [5.74, 6) is 0. The van der Waals surface area contributed by atoms with Crippen LogP contribution in [0.25, 0.3) is 5.73 Å². The molecule has 0 unspecified atom stereocenters. The van der Waals surface area contributed by atoms with Crippen molar-refractivity contribution in [3.63, 3.8) is 0 Å². The number of hydrogen-bond acceptors (Lipinski definition) is 0. The first-order valence-corrected chi connectivity index (χ1v) is 3.33. The summed E-state index contributed by atoms with van der Waals surface area (Å²) in [6.45, 7) is 20.0. The van der Waals surface area contributed by atoms with Crippen LogP contribution >= 0.6 is 0 Å². The van der Waals surface area contributed by atoms with Crippen molar-refractivity contribution in [2.45, 2.75) is 27.7 Å². The van der Waals surface area contributed by atoms with Crippen LogP contribution < -0.4 is 0 Å². The van der Waals surface area contributed by atoms with Crippen molar-refractivity contribution in [2.75, 3.05) is 7.05 Å². The Morgan fingerprint density at radius 3 is 0.545 bits per heavy atom. The van der Waals surface area contributed by atoms with Gasteiger partial charge in [-0.3, -0.25) is 0 Å². The van der Waals surface area contributed by atoms with E-state index in [4.69, 9.17) is 5.73 Å². The molecule has 0 aromatic carbocycles. The van der Waals surface area contributed by atoms with Crippen LogP contribution in [-0.2, 0) is 26.2 Å². The smallest absolute Gasteiger partial charge is 0 e. The maximum absolute atomic E-state index is 5.75. The molecule has 11 heavy (non-hydrogen) atoms. The van der Waals surface area contributed by atoms with Gasteiger partial charge in [-0.05, 0) is 0 Å². The molecule has 0 bridgehead atoms. The van der Waals surface area contributed by atoms with Crippen LogP contribution in [0, 0.1) is 27.7 Å². The second-order valence-corrected chi connectivity index (χ2v) is 0. The summed E-state index contributed by atoms with van der Waals surface area (Å²) >= 11 is 0. The summed E-state index contributed by atoms with van der Waals surface area (Å²) in [5.41, 5.74) is 5.75. The van der Waals surface area contributed by atoms with Gasteiger partial charge in [0.25, 0.3) is 0 Å². The summed E-state index contributed by atoms with van der Waals surface area (Å²) < 4.78 is 0. The van der Waals surface area contributed by atoms with Gasteiger partial charge in [-0.25, -0.2) is 0 Å². The topological polar surface area (TPSA) is 23.8 Å². The van der Waals surface area contributed by atoms with Crippen molar-refractivity contribution < 1.29 is 26.2 Å². The summed E-state index contributed by atoms with van der Waals surface area (Å²) in [6.07, 6.45) is 0. The van der Waals surface area contributed by atoms with Gasteiger partial charge in [0.15, 0.2) is 0 Å². The first-order chi connectivity index (χ1) is 5.00. The van der Waals surface area contributed by atoms with E-state index in [-0.39, 0.29) is 26.2 Å². The minimum atomic E-state index is 0. The summed E-state index contributed by atoms with van der Waals surface area (Å²) in [4.78, 5) is 0. The van der Waals surface area contributed by atoms with E-state index in [0.29, 0.717) is 0 Å². The van der Waals surface area contributed by atoms with E-state index >= 15 is 0 Å². The van der Waals surface area contributed by atoms with Gasteiger partial charge in [0.1, 0.15) is 0 Å². The Kier molecular flexibility index (Phi) is 5480. The van der Waals surface area contributed by atoms with Crippen LogP contribution in [0.2, 0.25) is 0 Å². The van der Waals surface area contributed by atoms with Crippen LogP contribution in [0.5, 0.6) is 0 Å². The molecule has 0 aromatic heterocycles. The average Bonchev–Trinajstić information content (AvgIpc) is 2.20. The van der Waals surface area contributed by atoms with Crippen molar-refractivity contribution >= 4 is 0 Å². The van der Waals surface area contributed by atoms with Gasteiger partial charge in [-0.2, -0.15) is 34.7 Å². The van der Waals surface area contributed by atoms with Crippen LogP contribution in [0.3, 0.4) is 0 Å². The number of hydrogen-bond donors (Lipinski definition) is 0. The average molecular weight is 238 g/mol. The monoisotopic (exact) mass is 236 g/mol. The Balaban J connectivity index is -0.00000000694. The maximum Gasteiger partial charge on any atom is 0 e. The molecule has 0 amide bonds. The van der Waals surface area contributed by atoms with Crippen molar-refractivity contribution in [3.05, 3.63) is 33.4 Å². The quantitative estimate of drug-likeness (QED) is 0.568. The summed E-state index contributed by atoms with van der Waals surface area (Å²) in [6, 6.07) is 0. The maximum atomic E-state index is 5.75. The standard InChI is InChI=1S/4C2H5.CH4N.Zr/c5*1-2;/h4*1H2,2H3;2H,1H3;/q5*-1;. The predicted molar refractivity (Wildman–Crippen MR) is 54.4 cm³/mol. The molecule has 0 saturated heterocycles. The predicted octanol–water partition coefficient (Wildman–Crippen LogP) is 4.03. The Labute approximate surface area is 94.3 Å². The van der Waals surface area contributed by atoms with Crippen LogP contribution in [0.15, 0.2) is 0 Å². The van der Waals surface area contributed by atoms with Gasteiger partial charge in [-0.1, -0.05) is 0 Å². The fraction of sp³-hybridized carbons (Fsp3) is 0.556. The third-order valence-corrected chi connectivity index (χ3v) is 0. The van der Waals surface area contributed by atoms with Crippen molar-refractivity contribution in [3.8, 4) is 0 Å². The molecule has 2 heteroatoms. The van der Waals surface area contributed by atoms with Gasteiger partial charge in [0.05, 0.1) is 0 Å². The van der Waals surface area contributed by atoms with Gasteiger partial charge >= 0.3 is 0 Å². The van der Waals surface area contributed by atoms with Crippen molar-refractivity contribution in [1.29, 1.82) is 0 Å². The fourth-order valence-corrected chi connectivity index (χ4v) is 0. The molecule has 0 radical (unpaired) electrons. The van der Waals surface area contributed by atoms with E-state index < -0.39 is 0 Å². The van der Waals surface area contributed by atoms with E-state index in [1.807, 2.05) is 0 Å². The SMILES string of the molecule is C[NH-].[CH2-]C.[CH2-]C.[CH2-]C.[CH2-]C.[Zr]. The van der Waals surface area contributed by atoms with Crippen molar-refractivity contribution in [1.82, 2.24) is 0 Å². The molecular weight excluding hydrogens is 213 g/mol. The van der Waals surface area contributed by atoms with Gasteiger partial charge in [-0.15, -0.1) is 0 Å². The zero-order valence-corrected chi connectivity index (χ0v) is 11.3. The molecule has 0 spiro atoms. The van der Waals surface area contributed by atoms with E-state index in [2.05, 4.69) is 27.7 Å². The molecule has 0 atom stereocenters. The molecular formula is C9H24NZr-5. The molecule has 0 aliphatic rings. The first kappa shape index (κ1) is 40.8. The number of rotatable bonds is 0. The van der Waals surface area contributed by atoms with E-state index in [1.165, 1.54) is 7.05 Å². The molecule has 0 fully saturated rings. The van der Waals surface area contributed by atoms with Gasteiger partial charge in [0, 0.05) is 26.2 Å². The molecule has 0 aliphatic heterocycles. The minimum Gasteiger partial charge on any atom is -0.680 e. The largest absolute Gasteiger partial charge is 0.680 e. The van der Waals surface area contributed by atoms with E-state index in [0.717, 1.165) is 0 Å². The normalized spacial score (nSPS) is 2.73. The van der Waals surface area contributed by atoms with Gasteiger partial charge in [0.2, 0.25) is 0 Å². The Morgan fingerprint density at radius 2 is 0.545 bits per heavy atom. The van der Waals surface area contributed by atoms with Crippen molar-refractivity contribution in [2.24, 2.45) is 0 Å². The molecule has 0 rings (SSSR count). The first-order valence-electron chi connectivity index (χ1n) is 3.33. The fourth-order valence-electron chi connectivity index (χ4n) is 0. The molecule has 0 heterocycles. The second-order valence-electron chi connectivity index (χ2n) is 0.